The smallest absolute Gasteiger partial charge is 0.328 e. The lowest BCUT2D eigenvalue weighted by atomic mass is 9.98. The Morgan fingerprint density at radius 2 is 1.65 bits per heavy atom. The average molecular weight is 537 g/mol. The molecule has 1 rings (SSSR count). The average Bonchev–Trinajstić information content (AvgIpc) is 2.85. The molecule has 206 valence electrons. The van der Waals surface area contributed by atoms with Crippen LogP contribution in [-0.2, 0) is 35.1 Å². The molecule has 0 aliphatic rings. The summed E-state index contributed by atoms with van der Waals surface area (Å²) in [6, 6.07) is 6.52. The highest BCUT2D eigenvalue weighted by Crippen LogP contribution is 2.12. The summed E-state index contributed by atoms with van der Waals surface area (Å²) in [6.45, 7) is 6.84. The van der Waals surface area contributed by atoms with Crippen molar-refractivity contribution in [3.8, 4) is 0 Å². The number of hydrogen-bond donors (Lipinski definition) is 4. The van der Waals surface area contributed by atoms with Crippen LogP contribution in [0.1, 0.15) is 46.1 Å². The van der Waals surface area contributed by atoms with Gasteiger partial charge in [0.15, 0.2) is 0 Å². The molecule has 0 saturated heterocycles. The Bertz CT molecular complexity index is 910. The molecule has 37 heavy (non-hydrogen) atoms. The van der Waals surface area contributed by atoms with Crippen LogP contribution >= 0.6 is 11.8 Å². The van der Waals surface area contributed by atoms with E-state index >= 15 is 0 Å². The van der Waals surface area contributed by atoms with Crippen molar-refractivity contribution in [3.63, 3.8) is 0 Å². The van der Waals surface area contributed by atoms with E-state index in [1.807, 2.05) is 50.4 Å². The quantitative estimate of drug-likeness (QED) is 0.184. The summed E-state index contributed by atoms with van der Waals surface area (Å²) in [5.74, 6) is -1.50. The van der Waals surface area contributed by atoms with E-state index in [0.29, 0.717) is 25.0 Å². The van der Waals surface area contributed by atoms with Crippen molar-refractivity contribution >= 4 is 41.9 Å². The van der Waals surface area contributed by atoms with Crippen LogP contribution in [0.15, 0.2) is 30.3 Å². The van der Waals surface area contributed by atoms with Gasteiger partial charge in [-0.25, -0.2) is 4.79 Å². The Hall–Kier alpha value is -3.08. The van der Waals surface area contributed by atoms with Crippen LogP contribution in [0, 0.1) is 5.92 Å². The number of thioether (sulfide) groups is 1. The first-order chi connectivity index (χ1) is 17.4. The van der Waals surface area contributed by atoms with Gasteiger partial charge in [0.2, 0.25) is 24.1 Å². The number of amides is 4. The second kappa shape index (κ2) is 15.9. The number of methoxy groups -OCH3 is 1. The van der Waals surface area contributed by atoms with Gasteiger partial charge >= 0.3 is 5.97 Å². The number of nitrogens with one attached hydrogen (secondary N) is 4. The number of carbonyl (C=O) groups excluding carboxylic acids is 5. The summed E-state index contributed by atoms with van der Waals surface area (Å²) < 4.78 is 4.85. The Morgan fingerprint density at radius 3 is 2.19 bits per heavy atom. The van der Waals surface area contributed by atoms with Gasteiger partial charge in [0.05, 0.1) is 7.11 Å². The minimum Gasteiger partial charge on any atom is -0.467 e. The fourth-order valence-electron chi connectivity index (χ4n) is 3.56. The van der Waals surface area contributed by atoms with E-state index < -0.39 is 47.4 Å². The zero-order valence-corrected chi connectivity index (χ0v) is 23.3. The monoisotopic (exact) mass is 536 g/mol. The summed E-state index contributed by atoms with van der Waals surface area (Å²) in [7, 11) is 1.24. The van der Waals surface area contributed by atoms with Gasteiger partial charge in [0.1, 0.15) is 23.7 Å². The zero-order chi connectivity index (χ0) is 28.0. The molecular formula is C26H40N4O6S. The molecule has 0 radical (unpaired) electrons. The summed E-state index contributed by atoms with van der Waals surface area (Å²) in [5, 5.41) is 10.6. The molecule has 0 unspecified atom stereocenters. The van der Waals surface area contributed by atoms with Crippen molar-refractivity contribution in [3.05, 3.63) is 35.9 Å². The molecule has 0 fully saturated rings. The highest BCUT2D eigenvalue weighted by molar-refractivity contribution is 7.98. The molecule has 1 aromatic rings. The topological polar surface area (TPSA) is 143 Å². The molecule has 1 aromatic carbocycles. The van der Waals surface area contributed by atoms with Gasteiger partial charge in [-0.15, -0.1) is 0 Å². The lowest BCUT2D eigenvalue weighted by Crippen LogP contribution is -2.62. The van der Waals surface area contributed by atoms with Crippen molar-refractivity contribution in [2.45, 2.75) is 70.6 Å². The molecule has 0 aliphatic carbocycles. The Morgan fingerprint density at radius 1 is 1.00 bits per heavy atom. The molecule has 4 amide bonds. The molecule has 11 heteroatoms. The van der Waals surface area contributed by atoms with Crippen molar-refractivity contribution in [2.75, 3.05) is 19.1 Å². The normalized spacial score (nSPS) is 13.6. The van der Waals surface area contributed by atoms with E-state index in [2.05, 4.69) is 21.3 Å². The van der Waals surface area contributed by atoms with E-state index in [1.54, 1.807) is 0 Å². The molecule has 0 aromatic heterocycles. The van der Waals surface area contributed by atoms with Crippen LogP contribution < -0.4 is 21.3 Å². The van der Waals surface area contributed by atoms with E-state index in [9.17, 15) is 24.0 Å². The van der Waals surface area contributed by atoms with Crippen molar-refractivity contribution < 1.29 is 28.7 Å². The molecule has 10 nitrogen and oxygen atoms in total. The van der Waals surface area contributed by atoms with E-state index in [-0.39, 0.29) is 12.3 Å². The summed E-state index contributed by atoms with van der Waals surface area (Å²) in [5.41, 5.74) is -0.570. The highest BCUT2D eigenvalue weighted by atomic mass is 32.2. The number of rotatable bonds is 16. The molecule has 4 N–H and O–H groups in total. The number of ether oxygens (including phenoxy) is 1. The molecular weight excluding hydrogens is 496 g/mol. The first-order valence-electron chi connectivity index (χ1n) is 12.2. The second-order valence-corrected chi connectivity index (χ2v) is 10.6. The van der Waals surface area contributed by atoms with Crippen molar-refractivity contribution in [1.82, 2.24) is 21.3 Å². The SMILES string of the molecule is COC(=O)[C@H](Cc1ccccc1)NC(=O)C(C)(C)NC(=O)[C@H](CC(C)C)NC(=O)[C@H](CCSC)NC=O. The third kappa shape index (κ3) is 11.2. The largest absolute Gasteiger partial charge is 0.467 e. The van der Waals surface area contributed by atoms with Crippen LogP contribution in [0.3, 0.4) is 0 Å². The third-order valence-electron chi connectivity index (χ3n) is 5.61. The summed E-state index contributed by atoms with van der Waals surface area (Å²) in [4.78, 5) is 62.4. The Labute approximate surface area is 223 Å². The molecule has 0 aliphatic heterocycles. The highest BCUT2D eigenvalue weighted by Gasteiger charge is 2.36. The standard InChI is InChI=1S/C26H40N4O6S/c1-17(2)14-20(28-22(32)19(27-16-31)12-13-37-6)23(33)30-26(3,4)25(35)29-21(24(34)36-5)15-18-10-8-7-9-11-18/h7-11,16-17,19-21H,12-15H2,1-6H3,(H,27,31)(H,28,32)(H,29,35)(H,30,33)/t19-,20-,21-/m0/s1. The predicted molar refractivity (Wildman–Crippen MR) is 144 cm³/mol. The fourth-order valence-corrected chi connectivity index (χ4v) is 4.03. The predicted octanol–water partition coefficient (Wildman–Crippen LogP) is 1.18. The summed E-state index contributed by atoms with van der Waals surface area (Å²) in [6.07, 6.45) is 3.30. The first kappa shape index (κ1) is 31.9. The number of benzene rings is 1. The molecule has 0 saturated carbocycles. The lowest BCUT2D eigenvalue weighted by molar-refractivity contribution is -0.146. The second-order valence-electron chi connectivity index (χ2n) is 9.66. The lowest BCUT2D eigenvalue weighted by Gasteiger charge is -2.30. The van der Waals surface area contributed by atoms with Gasteiger partial charge in [0, 0.05) is 6.42 Å². The van der Waals surface area contributed by atoms with Gasteiger partial charge in [-0.05, 0) is 50.2 Å². The maximum Gasteiger partial charge on any atom is 0.328 e. The van der Waals surface area contributed by atoms with Gasteiger partial charge in [-0.2, -0.15) is 11.8 Å². The van der Waals surface area contributed by atoms with Gasteiger partial charge in [-0.1, -0.05) is 44.2 Å². The molecule has 0 spiro atoms. The minimum atomic E-state index is -1.40. The number of carbonyl (C=O) groups is 5. The third-order valence-corrected chi connectivity index (χ3v) is 6.26. The van der Waals surface area contributed by atoms with Crippen LogP contribution in [0.5, 0.6) is 0 Å². The summed E-state index contributed by atoms with van der Waals surface area (Å²) >= 11 is 1.54. The van der Waals surface area contributed by atoms with Crippen LogP contribution in [0.4, 0.5) is 0 Å². The van der Waals surface area contributed by atoms with Crippen LogP contribution in [0.2, 0.25) is 0 Å². The minimum absolute atomic E-state index is 0.0613. The van der Waals surface area contributed by atoms with Crippen LogP contribution in [0.25, 0.3) is 0 Å². The maximum absolute atomic E-state index is 13.2. The van der Waals surface area contributed by atoms with E-state index in [1.165, 1.54) is 32.7 Å². The Kier molecular flexibility index (Phi) is 13.7. The number of esters is 1. The number of hydrogen-bond acceptors (Lipinski definition) is 7. The van der Waals surface area contributed by atoms with Crippen LogP contribution in [-0.4, -0.2) is 72.9 Å². The van der Waals surface area contributed by atoms with Gasteiger partial charge < -0.3 is 26.0 Å². The maximum atomic E-state index is 13.2. The Balaban J connectivity index is 2.97. The van der Waals surface area contributed by atoms with Crippen molar-refractivity contribution in [2.24, 2.45) is 5.92 Å². The van der Waals surface area contributed by atoms with E-state index in [0.717, 1.165) is 5.56 Å². The molecule has 0 bridgehead atoms. The van der Waals surface area contributed by atoms with Gasteiger partial charge in [0.25, 0.3) is 0 Å². The molecule has 0 heterocycles. The first-order valence-corrected chi connectivity index (χ1v) is 13.6. The molecule has 3 atom stereocenters. The van der Waals surface area contributed by atoms with E-state index in [4.69, 9.17) is 4.74 Å². The fraction of sp³-hybridized carbons (Fsp3) is 0.577. The van der Waals surface area contributed by atoms with Crippen molar-refractivity contribution in [1.29, 1.82) is 0 Å². The zero-order valence-electron chi connectivity index (χ0n) is 22.5. The van der Waals surface area contributed by atoms with Gasteiger partial charge in [-0.3, -0.25) is 19.2 Å².